The maximum atomic E-state index is 5.84. The average molecular weight is 195 g/mol. The highest BCUT2D eigenvalue weighted by atomic mass is 16.5. The van der Waals surface area contributed by atoms with Gasteiger partial charge in [-0.2, -0.15) is 0 Å². The van der Waals surface area contributed by atoms with E-state index in [4.69, 9.17) is 4.74 Å². The van der Waals surface area contributed by atoms with Crippen molar-refractivity contribution in [2.75, 3.05) is 6.54 Å². The van der Waals surface area contributed by atoms with Crippen molar-refractivity contribution in [1.82, 2.24) is 5.32 Å². The highest BCUT2D eigenvalue weighted by Gasteiger charge is 2.40. The van der Waals surface area contributed by atoms with E-state index >= 15 is 0 Å². The van der Waals surface area contributed by atoms with Crippen molar-refractivity contribution in [2.24, 2.45) is 5.92 Å². The Hall–Kier alpha value is -0.0800. The highest BCUT2D eigenvalue weighted by Crippen LogP contribution is 2.34. The van der Waals surface area contributed by atoms with Gasteiger partial charge >= 0.3 is 0 Å². The molecular weight excluding hydrogens is 174 g/mol. The largest absolute Gasteiger partial charge is 0.373 e. The Morgan fingerprint density at radius 1 is 1.07 bits per heavy atom. The molecule has 0 aromatic carbocycles. The second kappa shape index (κ2) is 3.82. The number of hydrogen-bond acceptors (Lipinski definition) is 2. The first-order valence-electron chi connectivity index (χ1n) is 6.30. The predicted octanol–water partition coefficient (Wildman–Crippen LogP) is 2.09. The van der Waals surface area contributed by atoms with Crippen molar-refractivity contribution < 1.29 is 4.74 Å². The van der Waals surface area contributed by atoms with Crippen molar-refractivity contribution in [3.05, 3.63) is 0 Å². The molecule has 3 rings (SSSR count). The first-order valence-corrected chi connectivity index (χ1v) is 6.30. The lowest BCUT2D eigenvalue weighted by atomic mass is 9.95. The van der Waals surface area contributed by atoms with Crippen molar-refractivity contribution in [1.29, 1.82) is 0 Å². The Morgan fingerprint density at radius 2 is 1.93 bits per heavy atom. The molecule has 3 unspecified atom stereocenters. The molecule has 14 heavy (non-hydrogen) atoms. The molecule has 2 bridgehead atoms. The standard InChI is InChI=1S/C12H21NO/c1-2-4-9(3-1)8-13-11-7-10-5-6-12(11)14-10/h9-13H,1-8H2. The Bertz CT molecular complexity index is 200. The molecule has 2 aliphatic heterocycles. The van der Waals surface area contributed by atoms with Crippen LogP contribution in [0.3, 0.4) is 0 Å². The van der Waals surface area contributed by atoms with Crippen LogP contribution in [-0.2, 0) is 4.74 Å². The summed E-state index contributed by atoms with van der Waals surface area (Å²) in [5, 5.41) is 3.73. The van der Waals surface area contributed by atoms with Crippen LogP contribution < -0.4 is 5.32 Å². The molecule has 0 radical (unpaired) electrons. The SMILES string of the molecule is C1CCC(CNC2CC3CCC2O3)C1. The van der Waals surface area contributed by atoms with Crippen molar-refractivity contribution in [3.8, 4) is 0 Å². The quantitative estimate of drug-likeness (QED) is 0.744. The zero-order valence-electron chi connectivity index (χ0n) is 8.87. The Kier molecular flexibility index (Phi) is 2.50. The molecule has 0 aromatic heterocycles. The van der Waals surface area contributed by atoms with Gasteiger partial charge in [0.2, 0.25) is 0 Å². The molecule has 3 aliphatic rings. The minimum Gasteiger partial charge on any atom is -0.373 e. The normalized spacial score (nSPS) is 42.4. The fourth-order valence-electron chi connectivity index (χ4n) is 3.39. The molecule has 80 valence electrons. The zero-order chi connectivity index (χ0) is 9.38. The van der Waals surface area contributed by atoms with Gasteiger partial charge in [-0.05, 0) is 44.6 Å². The van der Waals surface area contributed by atoms with Gasteiger partial charge in [-0.25, -0.2) is 0 Å². The lowest BCUT2D eigenvalue weighted by molar-refractivity contribution is 0.0970. The van der Waals surface area contributed by atoms with E-state index in [2.05, 4.69) is 5.32 Å². The zero-order valence-corrected chi connectivity index (χ0v) is 8.87. The van der Waals surface area contributed by atoms with Gasteiger partial charge in [0.1, 0.15) is 0 Å². The predicted molar refractivity (Wildman–Crippen MR) is 56.3 cm³/mol. The van der Waals surface area contributed by atoms with Gasteiger partial charge in [-0.15, -0.1) is 0 Å². The number of fused-ring (bicyclic) bond motifs is 2. The van der Waals surface area contributed by atoms with Gasteiger partial charge in [0, 0.05) is 6.04 Å². The molecular formula is C12H21NO. The Labute approximate surface area is 86.4 Å². The van der Waals surface area contributed by atoms with E-state index in [9.17, 15) is 0 Å². The van der Waals surface area contributed by atoms with E-state index in [0.717, 1.165) is 5.92 Å². The van der Waals surface area contributed by atoms with Gasteiger partial charge in [0.25, 0.3) is 0 Å². The van der Waals surface area contributed by atoms with E-state index in [1.165, 1.54) is 51.5 Å². The molecule has 3 atom stereocenters. The van der Waals surface area contributed by atoms with Crippen LogP contribution in [0.25, 0.3) is 0 Å². The third-order valence-corrected chi connectivity index (χ3v) is 4.25. The van der Waals surface area contributed by atoms with Gasteiger partial charge < -0.3 is 10.1 Å². The van der Waals surface area contributed by atoms with Gasteiger partial charge in [0.05, 0.1) is 12.2 Å². The minimum absolute atomic E-state index is 0.557. The van der Waals surface area contributed by atoms with E-state index in [1.807, 2.05) is 0 Å². The summed E-state index contributed by atoms with van der Waals surface area (Å²) in [5.41, 5.74) is 0. The first kappa shape index (κ1) is 9.17. The van der Waals surface area contributed by atoms with Crippen LogP contribution >= 0.6 is 0 Å². The van der Waals surface area contributed by atoms with Crippen LogP contribution in [0.1, 0.15) is 44.9 Å². The smallest absolute Gasteiger partial charge is 0.0733 e. The van der Waals surface area contributed by atoms with Crippen molar-refractivity contribution in [3.63, 3.8) is 0 Å². The molecule has 1 N–H and O–H groups in total. The summed E-state index contributed by atoms with van der Waals surface area (Å²) >= 11 is 0. The summed E-state index contributed by atoms with van der Waals surface area (Å²) in [5.74, 6) is 0.967. The number of ether oxygens (including phenoxy) is 1. The summed E-state index contributed by atoms with van der Waals surface area (Å²) in [4.78, 5) is 0. The number of nitrogens with one attached hydrogen (secondary N) is 1. The Balaban J connectivity index is 1.44. The fourth-order valence-corrected chi connectivity index (χ4v) is 3.39. The second-order valence-corrected chi connectivity index (χ2v) is 5.27. The highest BCUT2D eigenvalue weighted by molar-refractivity contribution is 4.94. The van der Waals surface area contributed by atoms with Crippen LogP contribution in [0, 0.1) is 5.92 Å². The maximum Gasteiger partial charge on any atom is 0.0733 e. The van der Waals surface area contributed by atoms with Crippen molar-refractivity contribution in [2.45, 2.75) is 63.2 Å². The van der Waals surface area contributed by atoms with Gasteiger partial charge in [-0.3, -0.25) is 0 Å². The molecule has 1 saturated carbocycles. The summed E-state index contributed by atoms with van der Waals surface area (Å²) in [6.07, 6.45) is 10.9. The lowest BCUT2D eigenvalue weighted by Crippen LogP contribution is -2.39. The molecule has 1 aliphatic carbocycles. The molecule has 2 heterocycles. The van der Waals surface area contributed by atoms with Crippen LogP contribution in [0.4, 0.5) is 0 Å². The number of rotatable bonds is 3. The molecule has 0 aromatic rings. The monoisotopic (exact) mass is 195 g/mol. The van der Waals surface area contributed by atoms with Crippen LogP contribution in [0.2, 0.25) is 0 Å². The van der Waals surface area contributed by atoms with Crippen LogP contribution in [0.5, 0.6) is 0 Å². The summed E-state index contributed by atoms with van der Waals surface area (Å²) in [6.45, 7) is 1.25. The van der Waals surface area contributed by atoms with E-state index < -0.39 is 0 Å². The maximum absolute atomic E-state index is 5.84. The molecule has 0 spiro atoms. The minimum atomic E-state index is 0.557. The second-order valence-electron chi connectivity index (χ2n) is 5.27. The Morgan fingerprint density at radius 3 is 2.57 bits per heavy atom. The average Bonchev–Trinajstić information content (AvgIpc) is 2.91. The lowest BCUT2D eigenvalue weighted by Gasteiger charge is -2.22. The molecule has 2 saturated heterocycles. The third-order valence-electron chi connectivity index (χ3n) is 4.25. The third kappa shape index (κ3) is 1.70. The molecule has 3 fully saturated rings. The summed E-state index contributed by atoms with van der Waals surface area (Å²) in [6, 6.07) is 0.689. The van der Waals surface area contributed by atoms with Gasteiger partial charge in [-0.1, -0.05) is 12.8 Å². The van der Waals surface area contributed by atoms with Crippen LogP contribution in [-0.4, -0.2) is 24.8 Å². The topological polar surface area (TPSA) is 21.3 Å². The summed E-state index contributed by atoms with van der Waals surface area (Å²) in [7, 11) is 0. The molecule has 2 heteroatoms. The van der Waals surface area contributed by atoms with Gasteiger partial charge in [0.15, 0.2) is 0 Å². The summed E-state index contributed by atoms with van der Waals surface area (Å²) < 4.78 is 5.84. The van der Waals surface area contributed by atoms with E-state index in [1.54, 1.807) is 0 Å². The molecule has 2 nitrogen and oxygen atoms in total. The van der Waals surface area contributed by atoms with Crippen LogP contribution in [0.15, 0.2) is 0 Å². The van der Waals surface area contributed by atoms with E-state index in [0.29, 0.717) is 18.2 Å². The van der Waals surface area contributed by atoms with E-state index in [-0.39, 0.29) is 0 Å². The fraction of sp³-hybridized carbons (Fsp3) is 1.00. The first-order chi connectivity index (χ1) is 6.92. The van der Waals surface area contributed by atoms with Crippen molar-refractivity contribution >= 4 is 0 Å². The number of hydrogen-bond donors (Lipinski definition) is 1. The molecule has 0 amide bonds.